The van der Waals surface area contributed by atoms with Gasteiger partial charge in [-0.2, -0.15) is 0 Å². The van der Waals surface area contributed by atoms with E-state index in [-0.39, 0.29) is 29.2 Å². The van der Waals surface area contributed by atoms with Gasteiger partial charge in [-0.15, -0.1) is 4.91 Å². The highest BCUT2D eigenvalue weighted by Crippen LogP contribution is 2.28. The number of para-hydroxylation sites is 1. The zero-order chi connectivity index (χ0) is 21.2. The zero-order valence-electron chi connectivity index (χ0n) is 16.4. The van der Waals surface area contributed by atoms with Crippen molar-refractivity contribution in [2.45, 2.75) is 32.4 Å². The average Bonchev–Trinajstić information content (AvgIpc) is 2.67. The van der Waals surface area contributed by atoms with Gasteiger partial charge in [-0.1, -0.05) is 31.8 Å². The molecule has 152 valence electrons. The molecule has 6 nitrogen and oxygen atoms in total. The summed E-state index contributed by atoms with van der Waals surface area (Å²) in [5.41, 5.74) is 0.290. The highest BCUT2D eigenvalue weighted by molar-refractivity contribution is 14.1. The maximum Gasteiger partial charge on any atom is 0.279 e. The summed E-state index contributed by atoms with van der Waals surface area (Å²) in [7, 11) is -1.29. The molecular formula is C20H21FIN3O3Si. The van der Waals surface area contributed by atoms with E-state index < -0.39 is 19.5 Å². The van der Waals surface area contributed by atoms with Gasteiger partial charge in [0.05, 0.1) is 5.52 Å². The van der Waals surface area contributed by atoms with Crippen LogP contribution in [0, 0.1) is 14.3 Å². The van der Waals surface area contributed by atoms with Crippen LogP contribution in [0.1, 0.15) is 0 Å². The van der Waals surface area contributed by atoms with Crippen molar-refractivity contribution in [1.82, 2.24) is 9.55 Å². The second-order valence-electron chi connectivity index (χ2n) is 7.88. The molecule has 0 bridgehead atoms. The first-order valence-electron chi connectivity index (χ1n) is 9.12. The van der Waals surface area contributed by atoms with Crippen LogP contribution in [0.3, 0.4) is 0 Å². The Bertz CT molecular complexity index is 1130. The Labute approximate surface area is 182 Å². The Morgan fingerprint density at radius 2 is 1.93 bits per heavy atom. The lowest BCUT2D eigenvalue weighted by Gasteiger charge is -2.17. The van der Waals surface area contributed by atoms with Crippen molar-refractivity contribution < 1.29 is 9.13 Å². The van der Waals surface area contributed by atoms with Crippen LogP contribution < -0.4 is 5.56 Å². The van der Waals surface area contributed by atoms with E-state index in [1.165, 1.54) is 16.7 Å². The molecule has 0 aliphatic heterocycles. The van der Waals surface area contributed by atoms with Gasteiger partial charge in [-0.3, -0.25) is 9.36 Å². The Hall–Kier alpha value is -1.98. The van der Waals surface area contributed by atoms with Gasteiger partial charge in [-0.25, -0.2) is 9.37 Å². The summed E-state index contributed by atoms with van der Waals surface area (Å²) in [5.74, 6) is -0.528. The highest BCUT2D eigenvalue weighted by atomic mass is 127. The number of benzene rings is 2. The molecule has 0 saturated heterocycles. The molecule has 2 aromatic carbocycles. The molecule has 0 atom stereocenters. The number of rotatable bonds is 7. The predicted octanol–water partition coefficient (Wildman–Crippen LogP) is 5.52. The van der Waals surface area contributed by atoms with Crippen molar-refractivity contribution in [3.8, 4) is 11.3 Å². The lowest BCUT2D eigenvalue weighted by atomic mass is 10.1. The fraction of sp³-hybridized carbons (Fsp3) is 0.300. The van der Waals surface area contributed by atoms with Crippen molar-refractivity contribution in [3.05, 3.63) is 61.0 Å². The lowest BCUT2D eigenvalue weighted by Crippen LogP contribution is -2.27. The Kier molecular flexibility index (Phi) is 6.59. The average molecular weight is 525 g/mol. The Morgan fingerprint density at radius 3 is 2.62 bits per heavy atom. The molecule has 0 aliphatic carbocycles. The molecule has 0 amide bonds. The Morgan fingerprint density at radius 1 is 1.21 bits per heavy atom. The molecule has 0 saturated carbocycles. The fourth-order valence-electron chi connectivity index (χ4n) is 2.85. The van der Waals surface area contributed by atoms with Crippen molar-refractivity contribution in [1.29, 1.82) is 0 Å². The van der Waals surface area contributed by atoms with E-state index in [0.29, 0.717) is 15.7 Å². The van der Waals surface area contributed by atoms with Crippen molar-refractivity contribution in [3.63, 3.8) is 0 Å². The summed E-state index contributed by atoms with van der Waals surface area (Å²) in [4.78, 5) is 28.8. The van der Waals surface area contributed by atoms with Crippen LogP contribution in [-0.4, -0.2) is 24.2 Å². The summed E-state index contributed by atoms with van der Waals surface area (Å²) >= 11 is 1.86. The number of nitroso groups, excluding NO2 is 1. The maximum absolute atomic E-state index is 14.7. The van der Waals surface area contributed by atoms with E-state index in [9.17, 15) is 14.1 Å². The minimum atomic E-state index is -1.29. The standard InChI is InChI=1S/C20H21FIN3O3Si/c1-29(2,3)11-10-28-12-25-16-9-5-8-15(24-27)19(16)23-18(20(25)26)13-6-4-7-14(22)17(13)21/h4-9H,10-12H2,1-3H3. The van der Waals surface area contributed by atoms with Crippen LogP contribution in [0.2, 0.25) is 25.7 Å². The van der Waals surface area contributed by atoms with Gasteiger partial charge in [-0.05, 0) is 58.1 Å². The first kappa shape index (κ1) is 21.7. The molecule has 1 heterocycles. The molecule has 1 aromatic heterocycles. The molecular weight excluding hydrogens is 504 g/mol. The largest absolute Gasteiger partial charge is 0.361 e. The highest BCUT2D eigenvalue weighted by Gasteiger charge is 2.19. The molecule has 0 radical (unpaired) electrons. The fourth-order valence-corrected chi connectivity index (χ4v) is 4.10. The van der Waals surface area contributed by atoms with Gasteiger partial charge in [0.2, 0.25) is 0 Å². The number of fused-ring (bicyclic) bond motifs is 1. The van der Waals surface area contributed by atoms with Crippen LogP contribution in [-0.2, 0) is 11.5 Å². The number of hydrogen-bond acceptors (Lipinski definition) is 5. The topological polar surface area (TPSA) is 73.6 Å². The minimum absolute atomic E-state index is 0.0107. The van der Waals surface area contributed by atoms with Crippen LogP contribution in [0.4, 0.5) is 10.1 Å². The normalized spacial score (nSPS) is 11.8. The summed E-state index contributed by atoms with van der Waals surface area (Å²) in [6.45, 7) is 7.23. The van der Waals surface area contributed by atoms with Gasteiger partial charge in [0, 0.05) is 23.8 Å². The number of hydrogen-bond donors (Lipinski definition) is 0. The number of nitrogens with zero attached hydrogens (tertiary/aromatic N) is 3. The molecule has 29 heavy (non-hydrogen) atoms. The van der Waals surface area contributed by atoms with E-state index in [2.05, 4.69) is 29.8 Å². The molecule has 3 aromatic rings. The monoisotopic (exact) mass is 525 g/mol. The van der Waals surface area contributed by atoms with Crippen molar-refractivity contribution >= 4 is 47.4 Å². The second-order valence-corrected chi connectivity index (χ2v) is 14.7. The first-order chi connectivity index (χ1) is 13.7. The molecule has 9 heteroatoms. The SMILES string of the molecule is C[Si](C)(C)CCOCn1c(=O)c(-c2cccc(I)c2F)nc2c(N=O)cccc21. The molecule has 0 N–H and O–H groups in total. The van der Waals surface area contributed by atoms with Gasteiger partial charge in [0.25, 0.3) is 5.56 Å². The van der Waals surface area contributed by atoms with E-state index in [1.54, 1.807) is 24.3 Å². The summed E-state index contributed by atoms with van der Waals surface area (Å²) in [6.07, 6.45) is 0. The maximum atomic E-state index is 14.7. The summed E-state index contributed by atoms with van der Waals surface area (Å²) < 4.78 is 22.2. The minimum Gasteiger partial charge on any atom is -0.361 e. The van der Waals surface area contributed by atoms with Crippen LogP contribution >= 0.6 is 22.6 Å². The molecule has 0 aliphatic rings. The van der Waals surface area contributed by atoms with Crippen LogP contribution in [0.25, 0.3) is 22.3 Å². The van der Waals surface area contributed by atoms with Crippen molar-refractivity contribution in [2.24, 2.45) is 5.18 Å². The third-order valence-electron chi connectivity index (χ3n) is 4.48. The van der Waals surface area contributed by atoms with Crippen LogP contribution in [0.5, 0.6) is 0 Å². The number of halogens is 2. The van der Waals surface area contributed by atoms with Crippen molar-refractivity contribution in [2.75, 3.05) is 6.61 Å². The zero-order valence-corrected chi connectivity index (χ0v) is 19.6. The number of aromatic nitrogens is 2. The number of ether oxygens (including phenoxy) is 1. The quantitative estimate of drug-likeness (QED) is 0.176. The van der Waals surface area contributed by atoms with Gasteiger partial charge >= 0.3 is 0 Å². The Balaban J connectivity index is 2.15. The first-order valence-corrected chi connectivity index (χ1v) is 13.9. The lowest BCUT2D eigenvalue weighted by molar-refractivity contribution is 0.0879. The van der Waals surface area contributed by atoms with E-state index in [1.807, 2.05) is 22.6 Å². The molecule has 0 fully saturated rings. The van der Waals surface area contributed by atoms with Gasteiger partial charge in [0.1, 0.15) is 29.4 Å². The van der Waals surface area contributed by atoms with Gasteiger partial charge < -0.3 is 4.74 Å². The molecule has 0 unspecified atom stereocenters. The van der Waals surface area contributed by atoms with Gasteiger partial charge in [0.15, 0.2) is 0 Å². The van der Waals surface area contributed by atoms with E-state index in [4.69, 9.17) is 4.74 Å². The third-order valence-corrected chi connectivity index (χ3v) is 7.01. The molecule has 3 rings (SSSR count). The summed E-state index contributed by atoms with van der Waals surface area (Å²) in [6, 6.07) is 10.5. The molecule has 0 spiro atoms. The third kappa shape index (κ3) is 4.78. The predicted molar refractivity (Wildman–Crippen MR) is 124 cm³/mol. The smallest absolute Gasteiger partial charge is 0.279 e. The second kappa shape index (κ2) is 8.80. The summed E-state index contributed by atoms with van der Waals surface area (Å²) in [5, 5.41) is 3.01. The van der Waals surface area contributed by atoms with Crippen LogP contribution in [0.15, 0.2) is 46.4 Å². The van der Waals surface area contributed by atoms with E-state index >= 15 is 0 Å². The van der Waals surface area contributed by atoms with E-state index in [0.717, 1.165) is 6.04 Å².